The fourth-order valence-corrected chi connectivity index (χ4v) is 3.40. The summed E-state index contributed by atoms with van der Waals surface area (Å²) in [6.45, 7) is 5.83. The first-order valence-electron chi connectivity index (χ1n) is 6.07. The van der Waals surface area contributed by atoms with Crippen molar-refractivity contribution in [2.45, 2.75) is 38.1 Å². The second-order valence-electron chi connectivity index (χ2n) is 5.32. The van der Waals surface area contributed by atoms with Gasteiger partial charge in [-0.2, -0.15) is 4.72 Å². The minimum atomic E-state index is -4.09. The number of hydrogen-bond acceptors (Lipinski definition) is 4. The number of nitrogens with two attached hydrogens (primary N) is 1. The molecule has 0 bridgehead atoms. The Morgan fingerprint density at radius 1 is 1.24 bits per heavy atom. The Kier molecular flexibility index (Phi) is 4.45. The van der Waals surface area contributed by atoms with Crippen molar-refractivity contribution in [1.29, 1.82) is 0 Å². The number of sulfonamides is 1. The lowest BCUT2D eigenvalue weighted by Gasteiger charge is -2.23. The molecule has 116 valence electrons. The lowest BCUT2D eigenvalue weighted by atomic mass is 10.1. The van der Waals surface area contributed by atoms with E-state index in [0.29, 0.717) is 11.1 Å². The van der Waals surface area contributed by atoms with Gasteiger partial charge in [0.05, 0.1) is 10.5 Å². The predicted octanol–water partition coefficient (Wildman–Crippen LogP) is 0.544. The maximum Gasteiger partial charge on any atom is 0.335 e. The summed E-state index contributed by atoms with van der Waals surface area (Å²) in [6.07, 6.45) is 0. The molecule has 1 rings (SSSR count). The molecule has 0 aliphatic carbocycles. The van der Waals surface area contributed by atoms with Crippen molar-refractivity contribution in [2.24, 2.45) is 5.73 Å². The van der Waals surface area contributed by atoms with Crippen LogP contribution >= 0.6 is 0 Å². The van der Waals surface area contributed by atoms with Crippen LogP contribution in [0.2, 0.25) is 0 Å². The topological polar surface area (TPSA) is 127 Å². The molecule has 0 aliphatic heterocycles. The quantitative estimate of drug-likeness (QED) is 0.731. The van der Waals surface area contributed by atoms with Crippen molar-refractivity contribution in [2.75, 3.05) is 0 Å². The highest BCUT2D eigenvalue weighted by molar-refractivity contribution is 7.89. The summed E-state index contributed by atoms with van der Waals surface area (Å²) in [6, 6.07) is 2.44. The average Bonchev–Trinajstić information content (AvgIpc) is 2.30. The van der Waals surface area contributed by atoms with E-state index in [1.807, 2.05) is 0 Å². The first kappa shape index (κ1) is 17.1. The number of aryl methyl sites for hydroxylation is 1. The second-order valence-corrected chi connectivity index (χ2v) is 6.97. The number of carboxylic acid groups (broad SMARTS) is 1. The number of primary amides is 1. The molecule has 1 aromatic rings. The van der Waals surface area contributed by atoms with Crippen molar-refractivity contribution >= 4 is 21.9 Å². The molecule has 0 saturated carbocycles. The van der Waals surface area contributed by atoms with Crippen LogP contribution in [0.3, 0.4) is 0 Å². The lowest BCUT2D eigenvalue weighted by molar-refractivity contribution is -0.122. The zero-order valence-corrected chi connectivity index (χ0v) is 13.0. The van der Waals surface area contributed by atoms with Crippen LogP contribution in [0, 0.1) is 13.8 Å². The molecule has 0 unspecified atom stereocenters. The van der Waals surface area contributed by atoms with E-state index >= 15 is 0 Å². The Balaban J connectivity index is 3.45. The summed E-state index contributed by atoms with van der Waals surface area (Å²) in [5.41, 5.74) is 4.44. The van der Waals surface area contributed by atoms with Crippen molar-refractivity contribution in [3.8, 4) is 0 Å². The molecule has 7 nitrogen and oxygen atoms in total. The van der Waals surface area contributed by atoms with E-state index in [1.54, 1.807) is 13.8 Å². The Morgan fingerprint density at radius 3 is 2.19 bits per heavy atom. The van der Waals surface area contributed by atoms with E-state index in [-0.39, 0.29) is 10.5 Å². The number of rotatable bonds is 5. The van der Waals surface area contributed by atoms with Crippen LogP contribution < -0.4 is 10.5 Å². The summed E-state index contributed by atoms with van der Waals surface area (Å²) in [7, 11) is -4.09. The van der Waals surface area contributed by atoms with Gasteiger partial charge in [-0.3, -0.25) is 4.79 Å². The zero-order chi connectivity index (χ0) is 16.6. The van der Waals surface area contributed by atoms with Gasteiger partial charge < -0.3 is 10.8 Å². The van der Waals surface area contributed by atoms with Gasteiger partial charge in [0.25, 0.3) is 0 Å². The summed E-state index contributed by atoms with van der Waals surface area (Å²) >= 11 is 0. The van der Waals surface area contributed by atoms with Gasteiger partial charge in [0.1, 0.15) is 5.54 Å². The van der Waals surface area contributed by atoms with E-state index in [4.69, 9.17) is 10.8 Å². The van der Waals surface area contributed by atoms with Crippen molar-refractivity contribution in [3.63, 3.8) is 0 Å². The number of carbonyl (C=O) groups excluding carboxylic acids is 1. The summed E-state index contributed by atoms with van der Waals surface area (Å²) < 4.78 is 27.0. The first-order valence-corrected chi connectivity index (χ1v) is 7.55. The molecular weight excluding hydrogens is 296 g/mol. The van der Waals surface area contributed by atoms with E-state index in [9.17, 15) is 18.0 Å². The van der Waals surface area contributed by atoms with Gasteiger partial charge in [-0.05, 0) is 51.0 Å². The maximum absolute atomic E-state index is 12.4. The molecule has 0 atom stereocenters. The third-order valence-corrected chi connectivity index (χ3v) is 4.94. The Hall–Kier alpha value is -1.93. The van der Waals surface area contributed by atoms with Crippen molar-refractivity contribution in [3.05, 3.63) is 28.8 Å². The van der Waals surface area contributed by atoms with Crippen molar-refractivity contribution < 1.29 is 23.1 Å². The number of carboxylic acids is 1. The van der Waals surface area contributed by atoms with E-state index < -0.39 is 27.4 Å². The highest BCUT2D eigenvalue weighted by atomic mass is 32.2. The molecule has 0 fully saturated rings. The molecule has 21 heavy (non-hydrogen) atoms. The Labute approximate surface area is 123 Å². The highest BCUT2D eigenvalue weighted by Crippen LogP contribution is 2.22. The number of benzene rings is 1. The first-order chi connectivity index (χ1) is 9.38. The molecule has 0 aliphatic rings. The SMILES string of the molecule is Cc1cc(C(=O)O)cc(S(=O)(=O)NC(C)(C)C(N)=O)c1C. The summed E-state index contributed by atoms with van der Waals surface area (Å²) in [4.78, 5) is 22.1. The smallest absolute Gasteiger partial charge is 0.335 e. The molecule has 0 radical (unpaired) electrons. The number of amides is 1. The standard InChI is InChI=1S/C13H18N2O5S/c1-7-5-9(11(16)17)6-10(8(7)2)21(19,20)15-13(3,4)12(14)18/h5-6,15H,1-4H3,(H2,14,18)(H,16,17). The van der Waals surface area contributed by atoms with E-state index in [0.717, 1.165) is 6.07 Å². The minimum absolute atomic E-state index is 0.143. The minimum Gasteiger partial charge on any atom is -0.478 e. The molecule has 1 amide bonds. The maximum atomic E-state index is 12.4. The Morgan fingerprint density at radius 2 is 1.76 bits per heavy atom. The number of hydrogen-bond donors (Lipinski definition) is 3. The lowest BCUT2D eigenvalue weighted by Crippen LogP contribution is -2.52. The van der Waals surface area contributed by atoms with Crippen LogP contribution in [0.4, 0.5) is 0 Å². The molecule has 0 aromatic heterocycles. The fourth-order valence-electron chi connectivity index (χ4n) is 1.67. The van der Waals surface area contributed by atoms with Gasteiger partial charge in [-0.25, -0.2) is 13.2 Å². The van der Waals surface area contributed by atoms with Crippen LogP contribution in [0.25, 0.3) is 0 Å². The van der Waals surface area contributed by atoms with E-state index in [2.05, 4.69) is 4.72 Å². The molecule has 4 N–H and O–H groups in total. The molecule has 0 heterocycles. The van der Waals surface area contributed by atoms with Gasteiger partial charge in [-0.1, -0.05) is 0 Å². The van der Waals surface area contributed by atoms with Crippen molar-refractivity contribution in [1.82, 2.24) is 4.72 Å². The molecule has 0 spiro atoms. The predicted molar refractivity (Wildman–Crippen MR) is 76.5 cm³/mol. The van der Waals surface area contributed by atoms with Gasteiger partial charge >= 0.3 is 5.97 Å². The van der Waals surface area contributed by atoms with E-state index in [1.165, 1.54) is 19.9 Å². The van der Waals surface area contributed by atoms with Gasteiger partial charge in [0.2, 0.25) is 15.9 Å². The van der Waals surface area contributed by atoms with Gasteiger partial charge in [0, 0.05) is 0 Å². The highest BCUT2D eigenvalue weighted by Gasteiger charge is 2.32. The number of carbonyl (C=O) groups is 2. The summed E-state index contributed by atoms with van der Waals surface area (Å²) in [5, 5.41) is 9.02. The average molecular weight is 314 g/mol. The van der Waals surface area contributed by atoms with Crippen LogP contribution in [0.1, 0.15) is 35.3 Å². The van der Waals surface area contributed by atoms with Crippen LogP contribution in [-0.4, -0.2) is 30.9 Å². The molecule has 8 heteroatoms. The zero-order valence-electron chi connectivity index (χ0n) is 12.2. The van der Waals surface area contributed by atoms with Crippen LogP contribution in [0.15, 0.2) is 17.0 Å². The van der Waals surface area contributed by atoms with Crippen LogP contribution in [-0.2, 0) is 14.8 Å². The Bertz CT molecular complexity index is 708. The second kappa shape index (κ2) is 5.45. The molecular formula is C13H18N2O5S. The monoisotopic (exact) mass is 314 g/mol. The summed E-state index contributed by atoms with van der Waals surface area (Å²) in [5.74, 6) is -2.07. The normalized spacial score (nSPS) is 12.2. The molecule has 0 saturated heterocycles. The largest absolute Gasteiger partial charge is 0.478 e. The van der Waals surface area contributed by atoms with Crippen LogP contribution in [0.5, 0.6) is 0 Å². The third-order valence-electron chi connectivity index (χ3n) is 3.16. The molecule has 1 aromatic carbocycles. The van der Waals surface area contributed by atoms with Gasteiger partial charge in [-0.15, -0.1) is 0 Å². The third kappa shape index (κ3) is 3.59. The fraction of sp³-hybridized carbons (Fsp3) is 0.385. The van der Waals surface area contributed by atoms with Gasteiger partial charge in [0.15, 0.2) is 0 Å². The number of aromatic carboxylic acids is 1. The number of nitrogens with one attached hydrogen (secondary N) is 1.